The zero-order valence-electron chi connectivity index (χ0n) is 20.0. The summed E-state index contributed by atoms with van der Waals surface area (Å²) in [5.74, 6) is -0.358. The molecule has 37 heavy (non-hydrogen) atoms. The monoisotopic (exact) mass is 581 g/mol. The number of benzene rings is 3. The molecule has 1 saturated heterocycles. The molecule has 0 aromatic heterocycles. The van der Waals surface area contributed by atoms with Crippen LogP contribution in [0.25, 0.3) is 0 Å². The minimum absolute atomic E-state index is 0.0569. The van der Waals surface area contributed by atoms with Gasteiger partial charge in [0.05, 0.1) is 28.0 Å². The summed E-state index contributed by atoms with van der Waals surface area (Å²) in [5.41, 5.74) is 2.68. The highest BCUT2D eigenvalue weighted by Crippen LogP contribution is 2.37. The quantitative estimate of drug-likeness (QED) is 0.331. The number of sulfonamides is 1. The molecule has 0 unspecified atom stereocenters. The molecular weight excluding hydrogens is 556 g/mol. The van der Waals surface area contributed by atoms with Crippen LogP contribution in [0.5, 0.6) is 0 Å². The maximum absolute atomic E-state index is 13.6. The maximum atomic E-state index is 13.6. The Morgan fingerprint density at radius 1 is 0.919 bits per heavy atom. The fraction of sp³-hybridized carbons (Fsp3) is 0.333. The fourth-order valence-corrected chi connectivity index (χ4v) is 7.01. The van der Waals surface area contributed by atoms with Crippen molar-refractivity contribution in [3.63, 3.8) is 0 Å². The Bertz CT molecular complexity index is 1350. The first kappa shape index (κ1) is 26.7. The minimum Gasteiger partial charge on any atom is -0.361 e. The second-order valence-corrected chi connectivity index (χ2v) is 12.9. The summed E-state index contributed by atoms with van der Waals surface area (Å²) < 4.78 is 42.2. The van der Waals surface area contributed by atoms with Crippen LogP contribution in [0.4, 0.5) is 10.1 Å². The van der Waals surface area contributed by atoms with Gasteiger partial charge in [-0.1, -0.05) is 59.1 Å². The van der Waals surface area contributed by atoms with E-state index in [0.29, 0.717) is 54.1 Å². The lowest BCUT2D eigenvalue weighted by Crippen LogP contribution is -2.51. The molecule has 10 heteroatoms. The van der Waals surface area contributed by atoms with Crippen LogP contribution in [0.3, 0.4) is 0 Å². The molecule has 1 aliphatic heterocycles. The zero-order valence-corrected chi connectivity index (χ0v) is 23.0. The van der Waals surface area contributed by atoms with Gasteiger partial charge in [-0.05, 0) is 66.4 Å². The van der Waals surface area contributed by atoms with E-state index in [-0.39, 0.29) is 17.1 Å². The summed E-state index contributed by atoms with van der Waals surface area (Å²) >= 11 is 18.9. The molecule has 0 amide bonds. The largest absolute Gasteiger partial charge is 0.361 e. The van der Waals surface area contributed by atoms with E-state index in [2.05, 4.69) is 14.5 Å². The van der Waals surface area contributed by atoms with Crippen molar-refractivity contribution in [2.45, 2.75) is 30.2 Å². The summed E-state index contributed by atoms with van der Waals surface area (Å²) in [6.45, 7) is 2.43. The molecule has 1 saturated carbocycles. The molecule has 0 bridgehead atoms. The van der Waals surface area contributed by atoms with Crippen LogP contribution in [0.2, 0.25) is 15.1 Å². The number of hydrogen-bond acceptors (Lipinski definition) is 4. The lowest BCUT2D eigenvalue weighted by Gasteiger charge is -2.44. The number of anilines is 1. The van der Waals surface area contributed by atoms with Crippen molar-refractivity contribution in [3.05, 3.63) is 98.7 Å². The number of rotatable bonds is 8. The highest BCUT2D eigenvalue weighted by molar-refractivity contribution is 7.90. The molecule has 2 fully saturated rings. The van der Waals surface area contributed by atoms with E-state index < -0.39 is 16.1 Å². The summed E-state index contributed by atoms with van der Waals surface area (Å²) in [7, 11) is -3.45. The second kappa shape index (κ2) is 11.1. The van der Waals surface area contributed by atoms with Crippen molar-refractivity contribution in [3.8, 4) is 0 Å². The van der Waals surface area contributed by atoms with Crippen molar-refractivity contribution in [1.82, 2.24) is 9.62 Å². The topological polar surface area (TPSA) is 52.7 Å². The molecule has 3 aromatic carbocycles. The van der Waals surface area contributed by atoms with Gasteiger partial charge in [-0.3, -0.25) is 4.90 Å². The van der Waals surface area contributed by atoms with Crippen molar-refractivity contribution >= 4 is 50.5 Å². The van der Waals surface area contributed by atoms with Gasteiger partial charge in [0.15, 0.2) is 0 Å². The van der Waals surface area contributed by atoms with E-state index in [1.165, 1.54) is 12.1 Å². The molecule has 0 spiro atoms. The molecule has 2 atom stereocenters. The van der Waals surface area contributed by atoms with Gasteiger partial charge in [-0.15, -0.1) is 0 Å². The van der Waals surface area contributed by atoms with Gasteiger partial charge in [0, 0.05) is 36.2 Å². The van der Waals surface area contributed by atoms with Gasteiger partial charge < -0.3 is 4.90 Å². The molecule has 1 aliphatic carbocycles. The number of piperazine rings is 1. The highest BCUT2D eigenvalue weighted by Gasteiger charge is 2.38. The third-order valence-electron chi connectivity index (χ3n) is 6.92. The van der Waals surface area contributed by atoms with E-state index in [9.17, 15) is 12.8 Å². The fourth-order valence-electron chi connectivity index (χ4n) is 4.81. The van der Waals surface area contributed by atoms with E-state index in [1.54, 1.807) is 18.2 Å². The first-order chi connectivity index (χ1) is 17.7. The van der Waals surface area contributed by atoms with Gasteiger partial charge in [-0.25, -0.2) is 17.5 Å². The zero-order chi connectivity index (χ0) is 26.2. The first-order valence-corrected chi connectivity index (χ1v) is 14.8. The van der Waals surface area contributed by atoms with Crippen LogP contribution >= 0.6 is 34.8 Å². The first-order valence-electron chi connectivity index (χ1n) is 12.2. The van der Waals surface area contributed by atoms with Crippen LogP contribution in [0, 0.1) is 5.82 Å². The van der Waals surface area contributed by atoms with E-state index in [0.717, 1.165) is 16.8 Å². The Morgan fingerprint density at radius 3 is 2.24 bits per heavy atom. The van der Waals surface area contributed by atoms with E-state index in [4.69, 9.17) is 34.8 Å². The predicted molar refractivity (Wildman–Crippen MR) is 149 cm³/mol. The van der Waals surface area contributed by atoms with Crippen LogP contribution in [-0.2, 0) is 10.0 Å². The van der Waals surface area contributed by atoms with Crippen molar-refractivity contribution in [2.24, 2.45) is 0 Å². The summed E-state index contributed by atoms with van der Waals surface area (Å²) in [4.78, 5) is 4.49. The third kappa shape index (κ3) is 6.41. The van der Waals surface area contributed by atoms with Gasteiger partial charge in [0.2, 0.25) is 10.0 Å². The SMILES string of the molecule is O=S(=O)(N[C@H](CN1CCN(c2ccc(Cl)cc2Cl)[C@H](c2ccc(Cl)cc2)C1)c1ccc(F)cc1)C1CC1. The standard InChI is InChI=1S/C27H27Cl3FN3O2S/c28-20-5-1-19(2-6-20)27-17-33(13-14-34(27)26-12-7-21(29)15-24(26)30)16-25(18-3-8-22(31)9-4-18)32-37(35,36)23-10-11-23/h1-9,12,15,23,25,27,32H,10-11,13-14,16-17H2/t25-,27+/m1/s1. The number of hydrogen-bond donors (Lipinski definition) is 1. The lowest BCUT2D eigenvalue weighted by molar-refractivity contribution is 0.207. The van der Waals surface area contributed by atoms with E-state index in [1.807, 2.05) is 36.4 Å². The molecule has 5 rings (SSSR count). The summed E-state index contributed by atoms with van der Waals surface area (Å²) in [6.07, 6.45) is 1.34. The molecule has 196 valence electrons. The van der Waals surface area contributed by atoms with E-state index >= 15 is 0 Å². The van der Waals surface area contributed by atoms with Gasteiger partial charge in [0.25, 0.3) is 0 Å². The van der Waals surface area contributed by atoms with Crippen LogP contribution < -0.4 is 9.62 Å². The molecule has 1 heterocycles. The molecular formula is C27H27Cl3FN3O2S. The number of nitrogens with one attached hydrogen (secondary N) is 1. The average Bonchev–Trinajstić information content (AvgIpc) is 3.71. The van der Waals surface area contributed by atoms with Crippen molar-refractivity contribution in [2.75, 3.05) is 31.1 Å². The molecule has 1 N–H and O–H groups in total. The molecule has 2 aliphatic rings. The maximum Gasteiger partial charge on any atom is 0.215 e. The average molecular weight is 583 g/mol. The summed E-state index contributed by atoms with van der Waals surface area (Å²) in [6, 6.07) is 18.7. The Labute approximate surface area is 232 Å². The van der Waals surface area contributed by atoms with Crippen molar-refractivity contribution in [1.29, 1.82) is 0 Å². The molecule has 5 nitrogen and oxygen atoms in total. The minimum atomic E-state index is -3.45. The van der Waals surface area contributed by atoms with Crippen LogP contribution in [0.15, 0.2) is 66.7 Å². The Hall–Kier alpha value is -1.87. The number of halogens is 4. The summed E-state index contributed by atoms with van der Waals surface area (Å²) in [5, 5.41) is 1.45. The Kier molecular flexibility index (Phi) is 8.01. The van der Waals surface area contributed by atoms with Crippen molar-refractivity contribution < 1.29 is 12.8 Å². The highest BCUT2D eigenvalue weighted by atomic mass is 35.5. The van der Waals surface area contributed by atoms with Crippen LogP contribution in [0.1, 0.15) is 36.1 Å². The smallest absolute Gasteiger partial charge is 0.215 e. The predicted octanol–water partition coefficient (Wildman–Crippen LogP) is 6.47. The van der Waals surface area contributed by atoms with Gasteiger partial charge in [-0.2, -0.15) is 0 Å². The molecule has 0 radical (unpaired) electrons. The Morgan fingerprint density at radius 2 is 1.59 bits per heavy atom. The molecule has 3 aromatic rings. The number of nitrogens with zero attached hydrogens (tertiary/aromatic N) is 2. The van der Waals surface area contributed by atoms with Crippen LogP contribution in [-0.4, -0.2) is 44.7 Å². The van der Waals surface area contributed by atoms with Gasteiger partial charge >= 0.3 is 0 Å². The third-order valence-corrected chi connectivity index (χ3v) is 9.67. The normalized spacial score (nSPS) is 19.7. The second-order valence-electron chi connectivity index (χ2n) is 9.58. The Balaban J connectivity index is 1.43. The van der Waals surface area contributed by atoms with Gasteiger partial charge in [0.1, 0.15) is 5.82 Å². The lowest BCUT2D eigenvalue weighted by atomic mass is 10.00.